The van der Waals surface area contributed by atoms with E-state index in [-0.39, 0.29) is 18.6 Å². The Bertz CT molecular complexity index is 986. The van der Waals surface area contributed by atoms with Gasteiger partial charge in [-0.2, -0.15) is 0 Å². The number of carbonyl (C=O) groups excluding carboxylic acids is 2. The molecular weight excluding hydrogens is 400 g/mol. The zero-order chi connectivity index (χ0) is 20.5. The lowest BCUT2D eigenvalue weighted by Gasteiger charge is -2.21. The van der Waals surface area contributed by atoms with E-state index in [2.05, 4.69) is 0 Å². The molecule has 2 aromatic rings. The Hall–Kier alpha value is -2.39. The highest BCUT2D eigenvalue weighted by Crippen LogP contribution is 2.34. The van der Waals surface area contributed by atoms with E-state index in [4.69, 9.17) is 4.74 Å². The first-order valence-electron chi connectivity index (χ1n) is 8.72. The summed E-state index contributed by atoms with van der Waals surface area (Å²) in [5.41, 5.74) is 1.65. The van der Waals surface area contributed by atoms with Gasteiger partial charge in [0.1, 0.15) is 0 Å². The summed E-state index contributed by atoms with van der Waals surface area (Å²) in [6.07, 6.45) is 1.69. The molecule has 0 saturated heterocycles. The van der Waals surface area contributed by atoms with Gasteiger partial charge in [0, 0.05) is 18.0 Å². The number of sulfonamides is 1. The van der Waals surface area contributed by atoms with Gasteiger partial charge in [-0.1, -0.05) is 6.07 Å². The highest BCUT2D eigenvalue weighted by molar-refractivity contribution is 7.92. The van der Waals surface area contributed by atoms with Gasteiger partial charge in [-0.3, -0.25) is 9.10 Å². The molecule has 28 heavy (non-hydrogen) atoms. The molecule has 0 fully saturated rings. The molecule has 0 spiro atoms. The summed E-state index contributed by atoms with van der Waals surface area (Å²) in [6.45, 7) is 1.94. The summed E-state index contributed by atoms with van der Waals surface area (Å²) >= 11 is 1.55. The van der Waals surface area contributed by atoms with Crippen LogP contribution in [0, 0.1) is 0 Å². The smallest absolute Gasteiger partial charge is 0.338 e. The lowest BCUT2D eigenvalue weighted by molar-refractivity contribution is -0.133. The number of carbonyl (C=O) groups is 2. The molecule has 2 heterocycles. The van der Waals surface area contributed by atoms with Gasteiger partial charge in [-0.15, -0.1) is 11.3 Å². The zero-order valence-corrected chi connectivity index (χ0v) is 17.5. The SMILES string of the molecule is CC1Cc2cc(C(=O)OCC(=O)N(C)Cc3cccs3)ccc2N1S(C)(=O)=O. The molecule has 1 aliphatic rings. The van der Waals surface area contributed by atoms with Crippen molar-refractivity contribution in [3.8, 4) is 0 Å². The maximum atomic E-state index is 12.3. The van der Waals surface area contributed by atoms with Crippen LogP contribution in [-0.2, 0) is 32.5 Å². The van der Waals surface area contributed by atoms with Gasteiger partial charge in [0.25, 0.3) is 5.91 Å². The maximum absolute atomic E-state index is 12.3. The lowest BCUT2D eigenvalue weighted by Crippen LogP contribution is -2.34. The van der Waals surface area contributed by atoms with E-state index in [1.165, 1.54) is 21.5 Å². The maximum Gasteiger partial charge on any atom is 0.338 e. The molecule has 3 rings (SSSR count). The Balaban J connectivity index is 1.63. The second-order valence-corrected chi connectivity index (χ2v) is 9.75. The topological polar surface area (TPSA) is 84.0 Å². The van der Waals surface area contributed by atoms with Crippen molar-refractivity contribution in [2.24, 2.45) is 0 Å². The van der Waals surface area contributed by atoms with Crippen LogP contribution in [0.3, 0.4) is 0 Å². The van der Waals surface area contributed by atoms with Crippen LogP contribution < -0.4 is 4.31 Å². The number of hydrogen-bond acceptors (Lipinski definition) is 6. The number of esters is 1. The molecule has 7 nitrogen and oxygen atoms in total. The van der Waals surface area contributed by atoms with Gasteiger partial charge in [0.05, 0.1) is 24.1 Å². The Morgan fingerprint density at radius 3 is 2.71 bits per heavy atom. The Morgan fingerprint density at radius 1 is 1.32 bits per heavy atom. The largest absolute Gasteiger partial charge is 0.452 e. The molecular formula is C19H22N2O5S2. The molecule has 9 heteroatoms. The first-order chi connectivity index (χ1) is 13.2. The molecule has 1 aromatic carbocycles. The number of likely N-dealkylation sites (N-methyl/N-ethyl adjacent to an activating group) is 1. The van der Waals surface area contributed by atoms with Crippen LogP contribution in [-0.4, -0.2) is 51.1 Å². The molecule has 1 aliphatic heterocycles. The van der Waals surface area contributed by atoms with Crippen molar-refractivity contribution in [3.05, 3.63) is 51.7 Å². The van der Waals surface area contributed by atoms with E-state index in [1.54, 1.807) is 30.5 Å². The van der Waals surface area contributed by atoms with Crippen LogP contribution in [0.4, 0.5) is 5.69 Å². The van der Waals surface area contributed by atoms with Crippen molar-refractivity contribution in [2.75, 3.05) is 24.2 Å². The fourth-order valence-corrected chi connectivity index (χ4v) is 5.30. The highest BCUT2D eigenvalue weighted by atomic mass is 32.2. The van der Waals surface area contributed by atoms with Crippen molar-refractivity contribution in [3.63, 3.8) is 0 Å². The molecule has 150 valence electrons. The molecule has 1 unspecified atom stereocenters. The van der Waals surface area contributed by atoms with Crippen molar-refractivity contribution < 1.29 is 22.7 Å². The number of rotatable bonds is 6. The first kappa shape index (κ1) is 20.3. The number of ether oxygens (including phenoxy) is 1. The average molecular weight is 423 g/mol. The zero-order valence-electron chi connectivity index (χ0n) is 15.9. The number of benzene rings is 1. The fraction of sp³-hybridized carbons (Fsp3) is 0.368. The molecule has 1 atom stereocenters. The standard InChI is InChI=1S/C19H22N2O5S2/c1-13-9-15-10-14(6-7-17(15)21(13)28(3,24)25)19(23)26-12-18(22)20(2)11-16-5-4-8-27-16/h4-8,10,13H,9,11-12H2,1-3H3. The van der Waals surface area contributed by atoms with Crippen LogP contribution in [0.1, 0.15) is 27.7 Å². The van der Waals surface area contributed by atoms with Crippen LogP contribution in [0.2, 0.25) is 0 Å². The summed E-state index contributed by atoms with van der Waals surface area (Å²) in [5.74, 6) is -0.897. The van der Waals surface area contributed by atoms with Gasteiger partial charge in [0.15, 0.2) is 6.61 Å². The van der Waals surface area contributed by atoms with Gasteiger partial charge < -0.3 is 9.64 Å². The van der Waals surface area contributed by atoms with Crippen molar-refractivity contribution in [1.82, 2.24) is 4.90 Å². The van der Waals surface area contributed by atoms with Crippen LogP contribution >= 0.6 is 11.3 Å². The molecule has 0 bridgehead atoms. The number of hydrogen-bond donors (Lipinski definition) is 0. The summed E-state index contributed by atoms with van der Waals surface area (Å²) < 4.78 is 30.5. The summed E-state index contributed by atoms with van der Waals surface area (Å²) in [6, 6.07) is 8.42. The van der Waals surface area contributed by atoms with Crippen molar-refractivity contribution in [2.45, 2.75) is 25.9 Å². The van der Waals surface area contributed by atoms with Gasteiger partial charge in [-0.25, -0.2) is 13.2 Å². The third-order valence-electron chi connectivity index (χ3n) is 4.55. The van der Waals surface area contributed by atoms with E-state index in [1.807, 2.05) is 24.4 Å². The van der Waals surface area contributed by atoms with Gasteiger partial charge in [0.2, 0.25) is 10.0 Å². The Labute approximate surface area is 168 Å². The van der Waals surface area contributed by atoms with E-state index in [0.717, 1.165) is 10.4 Å². The second-order valence-electron chi connectivity index (χ2n) is 6.86. The molecule has 0 radical (unpaired) electrons. The summed E-state index contributed by atoms with van der Waals surface area (Å²) in [7, 11) is -1.72. The van der Waals surface area contributed by atoms with Crippen LogP contribution in [0.5, 0.6) is 0 Å². The second kappa shape index (κ2) is 7.92. The minimum atomic E-state index is -3.38. The number of amides is 1. The average Bonchev–Trinajstić information content (AvgIpc) is 3.24. The number of fused-ring (bicyclic) bond motifs is 1. The fourth-order valence-electron chi connectivity index (χ4n) is 3.28. The lowest BCUT2D eigenvalue weighted by atomic mass is 10.1. The van der Waals surface area contributed by atoms with E-state index >= 15 is 0 Å². The minimum Gasteiger partial charge on any atom is -0.452 e. The summed E-state index contributed by atoms with van der Waals surface area (Å²) in [4.78, 5) is 27.0. The van der Waals surface area contributed by atoms with Crippen LogP contribution in [0.25, 0.3) is 0 Å². The Morgan fingerprint density at radius 2 is 2.07 bits per heavy atom. The van der Waals surface area contributed by atoms with E-state index in [9.17, 15) is 18.0 Å². The Kier molecular flexibility index (Phi) is 5.76. The number of thiophene rings is 1. The third kappa shape index (κ3) is 4.36. The minimum absolute atomic E-state index is 0.205. The van der Waals surface area contributed by atoms with E-state index in [0.29, 0.717) is 24.2 Å². The molecule has 0 N–H and O–H groups in total. The van der Waals surface area contributed by atoms with Crippen molar-refractivity contribution >= 4 is 38.9 Å². The van der Waals surface area contributed by atoms with Crippen molar-refractivity contribution in [1.29, 1.82) is 0 Å². The monoisotopic (exact) mass is 422 g/mol. The molecule has 0 aliphatic carbocycles. The normalized spacial score (nSPS) is 16.0. The van der Waals surface area contributed by atoms with Gasteiger partial charge >= 0.3 is 5.97 Å². The molecule has 1 aromatic heterocycles. The molecule has 1 amide bonds. The number of anilines is 1. The van der Waals surface area contributed by atoms with Gasteiger partial charge in [-0.05, 0) is 48.6 Å². The number of nitrogens with zero attached hydrogens (tertiary/aromatic N) is 2. The molecule has 0 saturated carbocycles. The first-order valence-corrected chi connectivity index (χ1v) is 11.5. The predicted molar refractivity (Wildman–Crippen MR) is 108 cm³/mol. The van der Waals surface area contributed by atoms with Crippen LogP contribution in [0.15, 0.2) is 35.7 Å². The highest BCUT2D eigenvalue weighted by Gasteiger charge is 2.33. The quantitative estimate of drug-likeness (QED) is 0.667. The summed E-state index contributed by atoms with van der Waals surface area (Å²) in [5, 5.41) is 1.94. The van der Waals surface area contributed by atoms with E-state index < -0.39 is 16.0 Å². The predicted octanol–water partition coefficient (Wildman–Crippen LogP) is 2.27. The third-order valence-corrected chi connectivity index (χ3v) is 6.68.